The Morgan fingerprint density at radius 1 is 1.06 bits per heavy atom. The molecule has 0 bridgehead atoms. The van der Waals surface area contributed by atoms with E-state index >= 15 is 0 Å². The van der Waals surface area contributed by atoms with Crippen molar-refractivity contribution in [2.75, 3.05) is 37.4 Å². The molecule has 182 valence electrons. The third-order valence-electron chi connectivity index (χ3n) is 6.33. The fourth-order valence-corrected chi connectivity index (χ4v) is 4.25. The number of methoxy groups -OCH3 is 1. The largest absolute Gasteiger partial charge is 0.495 e. The first-order valence-electron chi connectivity index (χ1n) is 11.8. The highest BCUT2D eigenvalue weighted by Gasteiger charge is 2.22. The summed E-state index contributed by atoms with van der Waals surface area (Å²) in [6, 6.07) is 18.8. The predicted octanol–water partition coefficient (Wildman–Crippen LogP) is 3.83. The number of hydrogen-bond acceptors (Lipinski definition) is 6. The summed E-state index contributed by atoms with van der Waals surface area (Å²) < 4.78 is 5.38. The molecule has 1 aliphatic heterocycles. The summed E-state index contributed by atoms with van der Waals surface area (Å²) in [5.74, 6) is 0.694. The Kier molecular flexibility index (Phi) is 7.95. The monoisotopic (exact) mass is 473 g/mol. The van der Waals surface area contributed by atoms with E-state index in [1.54, 1.807) is 25.4 Å². The maximum atomic E-state index is 13.0. The molecule has 8 nitrogen and oxygen atoms in total. The number of likely N-dealkylation sites (tertiary alicyclic amines) is 1. The van der Waals surface area contributed by atoms with Crippen molar-refractivity contribution in [3.05, 3.63) is 78.0 Å². The lowest BCUT2D eigenvalue weighted by Crippen LogP contribution is -2.39. The van der Waals surface area contributed by atoms with Crippen LogP contribution in [0.3, 0.4) is 0 Å². The van der Waals surface area contributed by atoms with Crippen LogP contribution in [0.4, 0.5) is 17.2 Å². The summed E-state index contributed by atoms with van der Waals surface area (Å²) in [5.41, 5.74) is 8.49. The number of para-hydroxylation sites is 2. The van der Waals surface area contributed by atoms with Crippen molar-refractivity contribution in [2.24, 2.45) is 11.7 Å². The number of rotatable bonds is 9. The van der Waals surface area contributed by atoms with E-state index in [1.165, 1.54) is 5.56 Å². The van der Waals surface area contributed by atoms with Gasteiger partial charge in [0.15, 0.2) is 0 Å². The fraction of sp³-hybridized carbons (Fsp3) is 0.296. The number of primary amides is 1. The highest BCUT2D eigenvalue weighted by molar-refractivity contribution is 6.07. The molecule has 4 rings (SSSR count). The van der Waals surface area contributed by atoms with Gasteiger partial charge in [-0.25, -0.2) is 4.98 Å². The van der Waals surface area contributed by atoms with E-state index < -0.39 is 0 Å². The van der Waals surface area contributed by atoms with Crippen molar-refractivity contribution in [3.63, 3.8) is 0 Å². The number of nitrogens with zero attached hydrogens (tertiary/aromatic N) is 2. The number of ether oxygens (including phenoxy) is 1. The van der Waals surface area contributed by atoms with Gasteiger partial charge in [-0.3, -0.25) is 9.59 Å². The van der Waals surface area contributed by atoms with Crippen molar-refractivity contribution < 1.29 is 14.3 Å². The van der Waals surface area contributed by atoms with Crippen LogP contribution >= 0.6 is 0 Å². The molecule has 1 fully saturated rings. The van der Waals surface area contributed by atoms with E-state index in [4.69, 9.17) is 10.5 Å². The van der Waals surface area contributed by atoms with E-state index in [0.717, 1.165) is 44.6 Å². The first-order chi connectivity index (χ1) is 17.0. The lowest BCUT2D eigenvalue weighted by atomic mass is 9.96. The van der Waals surface area contributed by atoms with Crippen molar-refractivity contribution in [1.29, 1.82) is 0 Å². The van der Waals surface area contributed by atoms with Gasteiger partial charge in [-0.1, -0.05) is 24.3 Å². The number of aromatic nitrogens is 1. The molecule has 3 aromatic rings. The average Bonchev–Trinajstić information content (AvgIpc) is 2.89. The number of nitrogens with one attached hydrogen (secondary N) is 2. The van der Waals surface area contributed by atoms with Crippen LogP contribution in [0.25, 0.3) is 0 Å². The van der Waals surface area contributed by atoms with Crippen LogP contribution in [0.15, 0.2) is 66.9 Å². The second kappa shape index (κ2) is 11.5. The SMILES string of the molecule is COc1ccccc1Nc1ncccc1C(=O)Nc1ccc(CCN2CCC(C(N)=O)CC2)cc1. The molecule has 2 heterocycles. The third-order valence-corrected chi connectivity index (χ3v) is 6.33. The van der Waals surface area contributed by atoms with Crippen LogP contribution in [0.1, 0.15) is 28.8 Å². The molecule has 8 heteroatoms. The Morgan fingerprint density at radius 2 is 1.80 bits per heavy atom. The molecule has 1 aliphatic rings. The number of carbonyl (C=O) groups is 2. The number of hydrogen-bond donors (Lipinski definition) is 3. The van der Waals surface area contributed by atoms with E-state index in [1.807, 2.05) is 48.5 Å². The molecule has 2 amide bonds. The summed E-state index contributed by atoms with van der Waals surface area (Å²) in [4.78, 5) is 31.1. The van der Waals surface area contributed by atoms with Crippen molar-refractivity contribution in [3.8, 4) is 5.75 Å². The maximum absolute atomic E-state index is 13.0. The van der Waals surface area contributed by atoms with Crippen LogP contribution < -0.4 is 21.1 Å². The van der Waals surface area contributed by atoms with Gasteiger partial charge in [0.2, 0.25) is 5.91 Å². The molecular formula is C27H31N5O3. The molecule has 0 atom stereocenters. The van der Waals surface area contributed by atoms with Crippen LogP contribution in [0.2, 0.25) is 0 Å². The molecule has 0 unspecified atom stereocenters. The molecule has 0 radical (unpaired) electrons. The highest BCUT2D eigenvalue weighted by atomic mass is 16.5. The zero-order valence-corrected chi connectivity index (χ0v) is 19.9. The molecule has 0 spiro atoms. The molecular weight excluding hydrogens is 442 g/mol. The van der Waals surface area contributed by atoms with Gasteiger partial charge in [0.05, 0.1) is 18.4 Å². The van der Waals surface area contributed by atoms with Crippen LogP contribution in [0, 0.1) is 5.92 Å². The Balaban J connectivity index is 1.34. The van der Waals surface area contributed by atoms with Gasteiger partial charge in [0.25, 0.3) is 5.91 Å². The third kappa shape index (κ3) is 6.36. The van der Waals surface area contributed by atoms with E-state index in [-0.39, 0.29) is 17.7 Å². The van der Waals surface area contributed by atoms with Gasteiger partial charge in [0, 0.05) is 24.3 Å². The summed E-state index contributed by atoms with van der Waals surface area (Å²) in [6.07, 6.45) is 4.22. The number of benzene rings is 2. The fourth-order valence-electron chi connectivity index (χ4n) is 4.25. The normalized spacial score (nSPS) is 14.3. The van der Waals surface area contributed by atoms with E-state index in [0.29, 0.717) is 22.8 Å². The maximum Gasteiger partial charge on any atom is 0.259 e. The van der Waals surface area contributed by atoms with Gasteiger partial charge in [0.1, 0.15) is 11.6 Å². The summed E-state index contributed by atoms with van der Waals surface area (Å²) in [7, 11) is 1.60. The first kappa shape index (κ1) is 24.2. The standard InChI is InChI=1S/C27H31N5O3/c1-35-24-7-3-2-6-23(24)31-26-22(5-4-15-29-26)27(34)30-21-10-8-19(9-11-21)12-16-32-17-13-20(14-18-32)25(28)33/h2-11,15,20H,12-14,16-18H2,1H3,(H2,28,33)(H,29,31)(H,30,34). The summed E-state index contributed by atoms with van der Waals surface area (Å²) >= 11 is 0. The second-order valence-corrected chi connectivity index (χ2v) is 8.64. The number of amides is 2. The zero-order chi connectivity index (χ0) is 24.6. The molecule has 4 N–H and O–H groups in total. The quantitative estimate of drug-likeness (QED) is 0.436. The van der Waals surface area contributed by atoms with Crippen molar-refractivity contribution >= 4 is 29.0 Å². The van der Waals surface area contributed by atoms with Crippen LogP contribution in [0.5, 0.6) is 5.75 Å². The first-order valence-corrected chi connectivity index (χ1v) is 11.8. The Bertz CT molecular complexity index is 1160. The van der Waals surface area contributed by atoms with Crippen LogP contribution in [-0.2, 0) is 11.2 Å². The van der Waals surface area contributed by atoms with Gasteiger partial charge in [-0.05, 0) is 74.3 Å². The number of pyridine rings is 1. The number of anilines is 3. The van der Waals surface area contributed by atoms with Crippen LogP contribution in [-0.4, -0.2) is 48.4 Å². The van der Waals surface area contributed by atoms with Gasteiger partial charge < -0.3 is 26.0 Å². The van der Waals surface area contributed by atoms with Crippen molar-refractivity contribution in [2.45, 2.75) is 19.3 Å². The Labute approximate surface area is 205 Å². The molecule has 1 aromatic heterocycles. The molecule has 0 aliphatic carbocycles. The molecule has 0 saturated carbocycles. The molecule has 35 heavy (non-hydrogen) atoms. The van der Waals surface area contributed by atoms with Gasteiger partial charge in [-0.15, -0.1) is 0 Å². The lowest BCUT2D eigenvalue weighted by Gasteiger charge is -2.30. The van der Waals surface area contributed by atoms with Gasteiger partial charge >= 0.3 is 0 Å². The Morgan fingerprint density at radius 3 is 2.51 bits per heavy atom. The summed E-state index contributed by atoms with van der Waals surface area (Å²) in [6.45, 7) is 2.74. The van der Waals surface area contributed by atoms with Gasteiger partial charge in [-0.2, -0.15) is 0 Å². The minimum absolute atomic E-state index is 0.0133. The molecule has 1 saturated heterocycles. The predicted molar refractivity (Wildman–Crippen MR) is 137 cm³/mol. The topological polar surface area (TPSA) is 110 Å². The van der Waals surface area contributed by atoms with E-state index in [9.17, 15) is 9.59 Å². The summed E-state index contributed by atoms with van der Waals surface area (Å²) in [5, 5.41) is 6.15. The second-order valence-electron chi connectivity index (χ2n) is 8.64. The van der Waals surface area contributed by atoms with E-state index in [2.05, 4.69) is 20.5 Å². The smallest absolute Gasteiger partial charge is 0.259 e. The average molecular weight is 474 g/mol. The number of piperidine rings is 1. The zero-order valence-electron chi connectivity index (χ0n) is 19.9. The number of carbonyl (C=O) groups excluding carboxylic acids is 2. The number of nitrogens with two attached hydrogens (primary N) is 1. The molecule has 2 aromatic carbocycles. The minimum atomic E-state index is -0.249. The van der Waals surface area contributed by atoms with Crippen molar-refractivity contribution in [1.82, 2.24) is 9.88 Å². The minimum Gasteiger partial charge on any atom is -0.495 e. The Hall–Kier alpha value is -3.91. The lowest BCUT2D eigenvalue weighted by molar-refractivity contribution is -0.123. The highest BCUT2D eigenvalue weighted by Crippen LogP contribution is 2.28.